The van der Waals surface area contributed by atoms with Crippen molar-refractivity contribution in [2.45, 2.75) is 17.3 Å². The quantitative estimate of drug-likeness (QED) is 0.568. The fourth-order valence-corrected chi connectivity index (χ4v) is 2.56. The molecule has 0 saturated carbocycles. The molecule has 1 amide bonds. The Morgan fingerprint density at radius 3 is 2.09 bits per heavy atom. The number of hydrogen-bond acceptors (Lipinski definition) is 2. The summed E-state index contributed by atoms with van der Waals surface area (Å²) in [4.78, 5) is 13.9. The Balaban J connectivity index is 2.19. The third-order valence-electron chi connectivity index (χ3n) is 3.03. The molecule has 2 aromatic rings. The summed E-state index contributed by atoms with van der Waals surface area (Å²) in [5.41, 5.74) is -3.58. The minimum atomic E-state index is -4.37. The monoisotopic (exact) mass is 343 g/mol. The van der Waals surface area contributed by atoms with Crippen LogP contribution in [0.3, 0.4) is 0 Å². The van der Waals surface area contributed by atoms with Gasteiger partial charge in [-0.1, -0.05) is 0 Å². The minimum Gasteiger partial charge on any atom is -0.309 e. The third kappa shape index (κ3) is 4.72. The highest BCUT2D eigenvalue weighted by atomic mass is 32.2. The van der Waals surface area contributed by atoms with E-state index in [0.717, 1.165) is 0 Å². The normalized spacial score (nSPS) is 11.3. The molecule has 0 fully saturated rings. The molecule has 0 atom stereocenters. The molecule has 7 heteroatoms. The highest BCUT2D eigenvalue weighted by Crippen LogP contribution is 2.36. The third-order valence-corrected chi connectivity index (χ3v) is 3.77. The van der Waals surface area contributed by atoms with Crippen LogP contribution in [0.4, 0.5) is 23.2 Å². The lowest BCUT2D eigenvalue weighted by Crippen LogP contribution is -2.30. The molecule has 2 aromatic carbocycles. The number of amides is 1. The SMILES string of the molecule is CCN(C(=O)c1ccc(SC(F)(F)F)cc1)c1ccc(F)cc1. The molecule has 2 nitrogen and oxygen atoms in total. The lowest BCUT2D eigenvalue weighted by atomic mass is 10.2. The van der Waals surface area contributed by atoms with Crippen molar-refractivity contribution in [3.63, 3.8) is 0 Å². The van der Waals surface area contributed by atoms with Gasteiger partial charge in [-0.2, -0.15) is 13.2 Å². The molecule has 0 aromatic heterocycles. The van der Waals surface area contributed by atoms with Gasteiger partial charge in [-0.05, 0) is 67.2 Å². The van der Waals surface area contributed by atoms with Crippen molar-refractivity contribution in [3.8, 4) is 0 Å². The molecular weight excluding hydrogens is 330 g/mol. The topological polar surface area (TPSA) is 20.3 Å². The Morgan fingerprint density at radius 2 is 1.61 bits per heavy atom. The Labute approximate surface area is 135 Å². The number of thioether (sulfide) groups is 1. The second-order valence-electron chi connectivity index (χ2n) is 4.60. The summed E-state index contributed by atoms with van der Waals surface area (Å²) in [6.07, 6.45) is 0. The van der Waals surface area contributed by atoms with Crippen molar-refractivity contribution >= 4 is 23.4 Å². The molecule has 0 aliphatic carbocycles. The average molecular weight is 343 g/mol. The molecular formula is C16H13F4NOS. The van der Waals surface area contributed by atoms with Crippen LogP contribution in [0.1, 0.15) is 17.3 Å². The van der Waals surface area contributed by atoms with Crippen molar-refractivity contribution < 1.29 is 22.4 Å². The number of hydrogen-bond donors (Lipinski definition) is 0. The van der Waals surface area contributed by atoms with Crippen LogP contribution < -0.4 is 4.90 Å². The van der Waals surface area contributed by atoms with E-state index >= 15 is 0 Å². The second kappa shape index (κ2) is 7.04. The largest absolute Gasteiger partial charge is 0.446 e. The Hall–Kier alpha value is -2.02. The average Bonchev–Trinajstić information content (AvgIpc) is 2.49. The van der Waals surface area contributed by atoms with E-state index in [0.29, 0.717) is 12.2 Å². The van der Waals surface area contributed by atoms with Crippen LogP contribution in [0.25, 0.3) is 0 Å². The number of anilines is 1. The summed E-state index contributed by atoms with van der Waals surface area (Å²) in [6.45, 7) is 2.11. The minimum absolute atomic E-state index is 0.0129. The standard InChI is InChI=1S/C16H13F4NOS/c1-2-21(13-7-5-12(17)6-8-13)15(22)11-3-9-14(10-4-11)23-16(18,19)20/h3-10H,2H2,1H3. The van der Waals surface area contributed by atoms with E-state index in [2.05, 4.69) is 0 Å². The van der Waals surface area contributed by atoms with Crippen LogP contribution in [0.15, 0.2) is 53.4 Å². The number of alkyl halides is 3. The molecule has 122 valence electrons. The van der Waals surface area contributed by atoms with Gasteiger partial charge in [-0.15, -0.1) is 0 Å². The zero-order chi connectivity index (χ0) is 17.0. The molecule has 0 spiro atoms. The highest BCUT2D eigenvalue weighted by Gasteiger charge is 2.29. The van der Waals surface area contributed by atoms with Gasteiger partial charge in [0.1, 0.15) is 5.82 Å². The number of halogens is 4. The number of nitrogens with zero attached hydrogens (tertiary/aromatic N) is 1. The Kier molecular flexibility index (Phi) is 5.30. The number of carbonyl (C=O) groups is 1. The summed E-state index contributed by atoms with van der Waals surface area (Å²) in [5, 5.41) is 0. The van der Waals surface area contributed by atoms with Crippen molar-refractivity contribution in [1.82, 2.24) is 0 Å². The fraction of sp³-hybridized carbons (Fsp3) is 0.188. The smallest absolute Gasteiger partial charge is 0.309 e. The maximum atomic E-state index is 13.0. The molecule has 0 radical (unpaired) electrons. The number of carbonyl (C=O) groups excluding carboxylic acids is 1. The van der Waals surface area contributed by atoms with Crippen molar-refractivity contribution in [2.75, 3.05) is 11.4 Å². The summed E-state index contributed by atoms with van der Waals surface area (Å²) in [5.74, 6) is -0.770. The summed E-state index contributed by atoms with van der Waals surface area (Å²) < 4.78 is 49.8. The van der Waals surface area contributed by atoms with Gasteiger partial charge < -0.3 is 4.90 Å². The molecule has 23 heavy (non-hydrogen) atoms. The van der Waals surface area contributed by atoms with Crippen LogP contribution in [-0.2, 0) is 0 Å². The van der Waals surface area contributed by atoms with E-state index in [-0.39, 0.29) is 28.1 Å². The van der Waals surface area contributed by atoms with Crippen LogP contribution in [0, 0.1) is 5.82 Å². The molecule has 0 aliphatic heterocycles. The van der Waals surface area contributed by atoms with Crippen LogP contribution >= 0.6 is 11.8 Å². The molecule has 0 bridgehead atoms. The first kappa shape index (κ1) is 17.3. The molecule has 0 unspecified atom stereocenters. The van der Waals surface area contributed by atoms with Crippen LogP contribution in [0.2, 0.25) is 0 Å². The lowest BCUT2D eigenvalue weighted by Gasteiger charge is -2.21. The van der Waals surface area contributed by atoms with E-state index < -0.39 is 11.3 Å². The van der Waals surface area contributed by atoms with Gasteiger partial charge in [0.2, 0.25) is 0 Å². The lowest BCUT2D eigenvalue weighted by molar-refractivity contribution is -0.0328. The maximum Gasteiger partial charge on any atom is 0.446 e. The first-order valence-corrected chi connectivity index (χ1v) is 7.55. The van der Waals surface area contributed by atoms with Gasteiger partial charge >= 0.3 is 5.51 Å². The van der Waals surface area contributed by atoms with Gasteiger partial charge in [0.05, 0.1) is 0 Å². The van der Waals surface area contributed by atoms with E-state index in [1.165, 1.54) is 53.4 Å². The fourth-order valence-electron chi connectivity index (χ4n) is 2.02. The predicted octanol–water partition coefficient (Wildman–Crippen LogP) is 5.10. The zero-order valence-electron chi connectivity index (χ0n) is 12.1. The van der Waals surface area contributed by atoms with Crippen molar-refractivity contribution in [1.29, 1.82) is 0 Å². The van der Waals surface area contributed by atoms with Gasteiger partial charge in [-0.3, -0.25) is 4.79 Å². The molecule has 0 saturated heterocycles. The maximum absolute atomic E-state index is 13.0. The summed E-state index contributed by atoms with van der Waals surface area (Å²) >= 11 is -0.233. The van der Waals surface area contributed by atoms with Gasteiger partial charge in [0.15, 0.2) is 0 Å². The second-order valence-corrected chi connectivity index (χ2v) is 5.74. The van der Waals surface area contributed by atoms with Crippen LogP contribution in [0.5, 0.6) is 0 Å². The van der Waals surface area contributed by atoms with Gasteiger partial charge in [0, 0.05) is 22.7 Å². The summed E-state index contributed by atoms with van der Waals surface area (Å²) in [7, 11) is 0. The van der Waals surface area contributed by atoms with Crippen molar-refractivity contribution in [3.05, 3.63) is 59.9 Å². The highest BCUT2D eigenvalue weighted by molar-refractivity contribution is 8.00. The number of benzene rings is 2. The zero-order valence-corrected chi connectivity index (χ0v) is 12.9. The Morgan fingerprint density at radius 1 is 1.04 bits per heavy atom. The summed E-state index contributed by atoms with van der Waals surface area (Å²) in [6, 6.07) is 10.6. The number of rotatable bonds is 4. The van der Waals surface area contributed by atoms with E-state index in [9.17, 15) is 22.4 Å². The first-order chi connectivity index (χ1) is 10.8. The van der Waals surface area contributed by atoms with E-state index in [1.807, 2.05) is 0 Å². The van der Waals surface area contributed by atoms with Gasteiger partial charge in [-0.25, -0.2) is 4.39 Å². The first-order valence-electron chi connectivity index (χ1n) is 6.73. The molecule has 2 rings (SSSR count). The molecule has 0 heterocycles. The van der Waals surface area contributed by atoms with Gasteiger partial charge in [0.25, 0.3) is 5.91 Å². The van der Waals surface area contributed by atoms with Crippen LogP contribution in [-0.4, -0.2) is 18.0 Å². The van der Waals surface area contributed by atoms with Crippen molar-refractivity contribution in [2.24, 2.45) is 0 Å². The molecule has 0 N–H and O–H groups in total. The van der Waals surface area contributed by atoms with E-state index in [1.54, 1.807) is 6.92 Å². The Bertz CT molecular complexity index is 668. The predicted molar refractivity (Wildman–Crippen MR) is 82.1 cm³/mol. The molecule has 0 aliphatic rings. The van der Waals surface area contributed by atoms with E-state index in [4.69, 9.17) is 0 Å².